The van der Waals surface area contributed by atoms with E-state index >= 15 is 4.39 Å². The molecule has 34 heavy (non-hydrogen) atoms. The van der Waals surface area contributed by atoms with Crippen molar-refractivity contribution in [1.82, 2.24) is 19.7 Å². The van der Waals surface area contributed by atoms with Crippen molar-refractivity contribution >= 4 is 16.8 Å². The second-order valence-electron chi connectivity index (χ2n) is 8.95. The molecule has 0 saturated heterocycles. The van der Waals surface area contributed by atoms with E-state index in [1.807, 2.05) is 12.3 Å². The molecule has 0 aliphatic heterocycles. The molecular formula is C26H26F2N4O2. The molecule has 2 aromatic heterocycles. The highest BCUT2D eigenvalue weighted by atomic mass is 19.1. The molecular weight excluding hydrogens is 438 g/mol. The molecule has 2 N–H and O–H groups in total. The maximum atomic E-state index is 15.0. The van der Waals surface area contributed by atoms with Gasteiger partial charge in [0, 0.05) is 36.0 Å². The molecule has 0 spiro atoms. The van der Waals surface area contributed by atoms with Gasteiger partial charge in [0.2, 0.25) is 0 Å². The van der Waals surface area contributed by atoms with Gasteiger partial charge in [0.1, 0.15) is 11.6 Å². The first kappa shape index (κ1) is 22.3. The van der Waals surface area contributed by atoms with Gasteiger partial charge in [-0.3, -0.25) is 9.48 Å². The van der Waals surface area contributed by atoms with Gasteiger partial charge in [0.25, 0.3) is 5.91 Å². The summed E-state index contributed by atoms with van der Waals surface area (Å²) >= 11 is 0. The van der Waals surface area contributed by atoms with Crippen LogP contribution in [0.2, 0.25) is 0 Å². The number of aliphatic hydroxyl groups excluding tert-OH is 1. The lowest BCUT2D eigenvalue weighted by Gasteiger charge is -2.28. The van der Waals surface area contributed by atoms with Crippen LogP contribution in [0.15, 0.2) is 55.0 Å². The van der Waals surface area contributed by atoms with E-state index < -0.39 is 23.6 Å². The second kappa shape index (κ2) is 9.02. The Bertz CT molecular complexity index is 1360. The quantitative estimate of drug-likeness (QED) is 0.460. The lowest BCUT2D eigenvalue weighted by atomic mass is 9.92. The van der Waals surface area contributed by atoms with Crippen LogP contribution in [0.1, 0.15) is 41.6 Å². The van der Waals surface area contributed by atoms with E-state index in [1.54, 1.807) is 46.9 Å². The summed E-state index contributed by atoms with van der Waals surface area (Å²) in [6.45, 7) is 0.137. The van der Waals surface area contributed by atoms with Gasteiger partial charge >= 0.3 is 0 Å². The number of aromatic nitrogens is 3. The molecule has 176 valence electrons. The van der Waals surface area contributed by atoms with Gasteiger partial charge in [-0.2, -0.15) is 5.10 Å². The normalized spacial score (nSPS) is 18.4. The van der Waals surface area contributed by atoms with E-state index in [9.17, 15) is 14.3 Å². The molecule has 1 fully saturated rings. The average Bonchev–Trinajstić information content (AvgIpc) is 3.41. The van der Waals surface area contributed by atoms with Gasteiger partial charge in [-0.1, -0.05) is 31.0 Å². The van der Waals surface area contributed by atoms with Crippen molar-refractivity contribution in [2.45, 2.75) is 44.4 Å². The van der Waals surface area contributed by atoms with Crippen molar-refractivity contribution in [1.29, 1.82) is 0 Å². The second-order valence-corrected chi connectivity index (χ2v) is 8.95. The third-order valence-corrected chi connectivity index (χ3v) is 6.58. The molecule has 6 nitrogen and oxygen atoms in total. The van der Waals surface area contributed by atoms with Crippen molar-refractivity contribution < 1.29 is 18.7 Å². The molecule has 2 heterocycles. The summed E-state index contributed by atoms with van der Waals surface area (Å²) < 4.78 is 33.2. The summed E-state index contributed by atoms with van der Waals surface area (Å²) in [7, 11) is 1.80. The number of nitrogens with one attached hydrogen (secondary N) is 1. The Morgan fingerprint density at radius 3 is 2.68 bits per heavy atom. The SMILES string of the molecule is Cn1cc(-c2ccc(Cn3cc(C(=O)N[C@H]4CCCC[C@@H]4O)c4c(F)cccc43)c(F)c2)cn1. The maximum Gasteiger partial charge on any atom is 0.253 e. The topological polar surface area (TPSA) is 72.1 Å². The molecule has 0 bridgehead atoms. The lowest BCUT2D eigenvalue weighted by molar-refractivity contribution is 0.0718. The number of nitrogens with zero attached hydrogens (tertiary/aromatic N) is 3. The van der Waals surface area contributed by atoms with Gasteiger partial charge < -0.3 is 15.0 Å². The van der Waals surface area contributed by atoms with Crippen molar-refractivity contribution in [3.63, 3.8) is 0 Å². The molecule has 0 unspecified atom stereocenters. The minimum absolute atomic E-state index is 0.137. The number of rotatable bonds is 5. The van der Waals surface area contributed by atoms with Gasteiger partial charge in [0.15, 0.2) is 0 Å². The van der Waals surface area contributed by atoms with Crippen LogP contribution in [0, 0.1) is 11.6 Å². The molecule has 8 heteroatoms. The van der Waals surface area contributed by atoms with Gasteiger partial charge in [-0.05, 0) is 36.6 Å². The maximum absolute atomic E-state index is 15.0. The molecule has 1 amide bonds. The Kier molecular flexibility index (Phi) is 5.91. The van der Waals surface area contributed by atoms with E-state index in [4.69, 9.17) is 0 Å². The Morgan fingerprint density at radius 1 is 1.12 bits per heavy atom. The summed E-state index contributed by atoms with van der Waals surface area (Å²) in [6, 6.07) is 9.21. The number of fused-ring (bicyclic) bond motifs is 1. The fourth-order valence-corrected chi connectivity index (χ4v) is 4.75. The third kappa shape index (κ3) is 4.21. The summed E-state index contributed by atoms with van der Waals surface area (Å²) in [5.74, 6) is -1.35. The molecule has 2 atom stereocenters. The lowest BCUT2D eigenvalue weighted by Crippen LogP contribution is -2.45. The van der Waals surface area contributed by atoms with E-state index in [0.717, 1.165) is 18.4 Å². The zero-order valence-corrected chi connectivity index (χ0v) is 18.8. The number of carbonyl (C=O) groups is 1. The standard InChI is InChI=1S/C26H26F2N4O2/c1-31-13-18(12-29-31)16-9-10-17(21(28)11-16)14-32-15-19(25-20(27)5-4-7-23(25)32)26(34)30-22-6-2-3-8-24(22)33/h4-5,7,9-13,15,22,24,33H,2-3,6,8,14H2,1H3,(H,30,34)/t22-,24-/m0/s1. The Morgan fingerprint density at radius 2 is 1.94 bits per heavy atom. The van der Waals surface area contributed by atoms with E-state index in [2.05, 4.69) is 10.4 Å². The van der Waals surface area contributed by atoms with Crippen LogP contribution in [0.25, 0.3) is 22.0 Å². The predicted molar refractivity (Wildman–Crippen MR) is 125 cm³/mol. The first-order chi connectivity index (χ1) is 16.4. The highest BCUT2D eigenvalue weighted by Gasteiger charge is 2.27. The number of hydrogen-bond acceptors (Lipinski definition) is 3. The van der Waals surface area contributed by atoms with Crippen LogP contribution in [-0.2, 0) is 13.6 Å². The van der Waals surface area contributed by atoms with Crippen molar-refractivity contribution in [3.8, 4) is 11.1 Å². The number of amides is 1. The zero-order chi connectivity index (χ0) is 23.8. The number of aryl methyl sites for hydroxylation is 1. The van der Waals surface area contributed by atoms with Crippen molar-refractivity contribution in [3.05, 3.63) is 77.8 Å². The van der Waals surface area contributed by atoms with E-state index in [-0.39, 0.29) is 23.5 Å². The fourth-order valence-electron chi connectivity index (χ4n) is 4.75. The Hall–Kier alpha value is -3.52. The smallest absolute Gasteiger partial charge is 0.253 e. The summed E-state index contributed by atoms with van der Waals surface area (Å²) in [4.78, 5) is 13.1. The van der Waals surface area contributed by atoms with Crippen LogP contribution in [0.5, 0.6) is 0 Å². The summed E-state index contributed by atoms with van der Waals surface area (Å²) in [6.07, 6.45) is 7.60. The van der Waals surface area contributed by atoms with E-state index in [1.165, 1.54) is 12.1 Å². The largest absolute Gasteiger partial charge is 0.391 e. The first-order valence-electron chi connectivity index (χ1n) is 11.4. The average molecular weight is 465 g/mol. The number of aliphatic hydroxyl groups is 1. The van der Waals surface area contributed by atoms with Gasteiger partial charge in [-0.25, -0.2) is 8.78 Å². The molecule has 1 aliphatic rings. The van der Waals surface area contributed by atoms with E-state index in [0.29, 0.717) is 29.5 Å². The highest BCUT2D eigenvalue weighted by Crippen LogP contribution is 2.28. The number of carbonyl (C=O) groups excluding carboxylic acids is 1. The predicted octanol–water partition coefficient (Wildman–Crippen LogP) is 4.40. The van der Waals surface area contributed by atoms with Crippen LogP contribution in [0.4, 0.5) is 8.78 Å². The summed E-state index contributed by atoms with van der Waals surface area (Å²) in [5.41, 5.74) is 2.63. The molecule has 0 radical (unpaired) electrons. The monoisotopic (exact) mass is 464 g/mol. The van der Waals surface area contributed by atoms with Crippen molar-refractivity contribution in [2.75, 3.05) is 0 Å². The van der Waals surface area contributed by atoms with Gasteiger partial charge in [-0.15, -0.1) is 0 Å². The van der Waals surface area contributed by atoms with Crippen molar-refractivity contribution in [2.24, 2.45) is 7.05 Å². The molecule has 1 aliphatic carbocycles. The molecule has 4 aromatic rings. The first-order valence-corrected chi connectivity index (χ1v) is 11.4. The number of halogens is 2. The Balaban J connectivity index is 1.46. The van der Waals surface area contributed by atoms with Crippen LogP contribution in [-0.4, -0.2) is 37.5 Å². The number of hydrogen-bond donors (Lipinski definition) is 2. The van der Waals surface area contributed by atoms with Gasteiger partial charge in [0.05, 0.1) is 36.0 Å². The number of benzene rings is 2. The minimum Gasteiger partial charge on any atom is -0.391 e. The Labute approximate surface area is 195 Å². The third-order valence-electron chi connectivity index (χ3n) is 6.58. The van der Waals surface area contributed by atoms with Crippen LogP contribution >= 0.6 is 0 Å². The minimum atomic E-state index is -0.608. The summed E-state index contributed by atoms with van der Waals surface area (Å²) in [5, 5.41) is 17.4. The van der Waals surface area contributed by atoms with Crippen LogP contribution in [0.3, 0.4) is 0 Å². The highest BCUT2D eigenvalue weighted by molar-refractivity contribution is 6.07. The molecule has 1 saturated carbocycles. The molecule has 5 rings (SSSR count). The van der Waals surface area contributed by atoms with Crippen LogP contribution < -0.4 is 5.32 Å². The molecule has 2 aromatic carbocycles. The fraction of sp³-hybridized carbons (Fsp3) is 0.308. The zero-order valence-electron chi connectivity index (χ0n) is 18.8.